The molecule has 4 rings (SSSR count). The van der Waals surface area contributed by atoms with E-state index in [1.54, 1.807) is 6.20 Å². The van der Waals surface area contributed by atoms with E-state index in [4.69, 9.17) is 4.74 Å². The molecule has 2 aromatic rings. The van der Waals surface area contributed by atoms with Crippen molar-refractivity contribution in [2.75, 3.05) is 62.3 Å². The number of morpholine rings is 1. The number of aromatic nitrogens is 2. The molecule has 29 heavy (non-hydrogen) atoms. The van der Waals surface area contributed by atoms with Gasteiger partial charge in [-0.3, -0.25) is 4.79 Å². The molecule has 2 aliphatic heterocycles. The molecule has 0 bridgehead atoms. The molecule has 2 fully saturated rings. The first-order valence-electron chi connectivity index (χ1n) is 10.3. The second-order valence-electron chi connectivity index (χ2n) is 7.77. The van der Waals surface area contributed by atoms with E-state index >= 15 is 0 Å². The summed E-state index contributed by atoms with van der Waals surface area (Å²) >= 11 is 0. The maximum Gasteiger partial charge on any atom is 0.257 e. The summed E-state index contributed by atoms with van der Waals surface area (Å²) in [4.78, 5) is 28.5. The lowest BCUT2D eigenvalue weighted by Crippen LogP contribution is -2.49. The highest BCUT2D eigenvalue weighted by molar-refractivity contribution is 5.95. The smallest absolute Gasteiger partial charge is 0.257 e. The average molecular weight is 396 g/mol. The lowest BCUT2D eigenvalue weighted by Gasteiger charge is -2.37. The van der Waals surface area contributed by atoms with Crippen LogP contribution in [-0.4, -0.2) is 73.3 Å². The normalized spacial score (nSPS) is 17.6. The minimum atomic E-state index is 0.0247. The number of hydrogen-bond donors (Lipinski definition) is 0. The highest BCUT2D eigenvalue weighted by Crippen LogP contribution is 2.24. The zero-order valence-corrected chi connectivity index (χ0v) is 17.5. The molecule has 2 saturated heterocycles. The number of carbonyl (C=O) groups is 1. The van der Waals surface area contributed by atoms with Crippen LogP contribution >= 0.6 is 0 Å². The number of anilines is 2. The van der Waals surface area contributed by atoms with Crippen molar-refractivity contribution in [3.05, 3.63) is 46.8 Å². The third-order valence-electron chi connectivity index (χ3n) is 5.97. The Kier molecular flexibility index (Phi) is 5.67. The third kappa shape index (κ3) is 4.05. The number of hydrogen-bond acceptors (Lipinski definition) is 6. The zero-order chi connectivity index (χ0) is 20.4. The Morgan fingerprint density at radius 3 is 2.38 bits per heavy atom. The van der Waals surface area contributed by atoms with Crippen LogP contribution in [0.2, 0.25) is 0 Å². The molecule has 154 valence electrons. The van der Waals surface area contributed by atoms with Gasteiger partial charge in [0.15, 0.2) is 0 Å². The highest BCUT2D eigenvalue weighted by Gasteiger charge is 2.25. The van der Waals surface area contributed by atoms with Crippen LogP contribution < -0.4 is 9.80 Å². The van der Waals surface area contributed by atoms with Crippen molar-refractivity contribution in [1.82, 2.24) is 14.9 Å². The molecule has 0 aliphatic carbocycles. The summed E-state index contributed by atoms with van der Waals surface area (Å²) in [7, 11) is 0. The Labute approximate surface area is 172 Å². The Morgan fingerprint density at radius 1 is 0.966 bits per heavy atom. The third-order valence-corrected chi connectivity index (χ3v) is 5.97. The number of piperazine rings is 1. The molecule has 1 aromatic carbocycles. The largest absolute Gasteiger partial charge is 0.378 e. The highest BCUT2D eigenvalue weighted by atomic mass is 16.5. The number of rotatable bonds is 3. The molecule has 0 spiro atoms. The van der Waals surface area contributed by atoms with Crippen LogP contribution in [0.4, 0.5) is 11.6 Å². The first-order valence-corrected chi connectivity index (χ1v) is 10.3. The monoisotopic (exact) mass is 395 g/mol. The second-order valence-corrected chi connectivity index (χ2v) is 7.77. The number of carbonyl (C=O) groups excluding carboxylic acids is 1. The van der Waals surface area contributed by atoms with Crippen molar-refractivity contribution in [1.29, 1.82) is 0 Å². The first kappa shape index (κ1) is 19.6. The molecule has 0 radical (unpaired) electrons. The minimum absolute atomic E-state index is 0.0247. The molecule has 2 aliphatic rings. The zero-order valence-electron chi connectivity index (χ0n) is 17.5. The van der Waals surface area contributed by atoms with Crippen LogP contribution in [0.25, 0.3) is 0 Å². The summed E-state index contributed by atoms with van der Waals surface area (Å²) in [5.41, 5.74) is 5.22. The van der Waals surface area contributed by atoms with E-state index in [2.05, 4.69) is 51.8 Å². The molecule has 0 N–H and O–H groups in total. The summed E-state index contributed by atoms with van der Waals surface area (Å²) in [5, 5.41) is 0. The number of ether oxygens (including phenoxy) is 1. The van der Waals surface area contributed by atoms with Crippen LogP contribution in [-0.2, 0) is 4.74 Å². The van der Waals surface area contributed by atoms with Crippen LogP contribution in [0.1, 0.15) is 27.2 Å². The fourth-order valence-corrected chi connectivity index (χ4v) is 3.98. The van der Waals surface area contributed by atoms with Gasteiger partial charge in [0.25, 0.3) is 5.91 Å². The van der Waals surface area contributed by atoms with Crippen molar-refractivity contribution in [2.45, 2.75) is 20.8 Å². The van der Waals surface area contributed by atoms with Gasteiger partial charge in [0.2, 0.25) is 5.95 Å². The Balaban J connectivity index is 1.42. The summed E-state index contributed by atoms with van der Waals surface area (Å²) in [6.07, 6.45) is 1.69. The van der Waals surface area contributed by atoms with Crippen molar-refractivity contribution in [3.63, 3.8) is 0 Å². The molecule has 0 unspecified atom stereocenters. The van der Waals surface area contributed by atoms with Crippen LogP contribution in [0, 0.1) is 20.8 Å². The van der Waals surface area contributed by atoms with Crippen LogP contribution in [0.15, 0.2) is 24.4 Å². The minimum Gasteiger partial charge on any atom is -0.378 e. The standard InChI is InChI=1S/C22H29N5O2/c1-16-5-4-6-20(17(16)2)25-7-9-26(10-8-25)21(28)19-15-23-22(24-18(19)3)27-11-13-29-14-12-27/h4-6,15H,7-14H2,1-3H3. The summed E-state index contributed by atoms with van der Waals surface area (Å²) in [6.45, 7) is 12.2. The molecular weight excluding hydrogens is 366 g/mol. The van der Waals surface area contributed by atoms with Crippen molar-refractivity contribution in [2.24, 2.45) is 0 Å². The van der Waals surface area contributed by atoms with E-state index < -0.39 is 0 Å². The molecule has 1 aromatic heterocycles. The molecule has 1 amide bonds. The number of aryl methyl sites for hydroxylation is 2. The van der Waals surface area contributed by atoms with Gasteiger partial charge in [0, 0.05) is 51.2 Å². The fraction of sp³-hybridized carbons (Fsp3) is 0.500. The number of benzene rings is 1. The lowest BCUT2D eigenvalue weighted by atomic mass is 10.1. The van der Waals surface area contributed by atoms with E-state index in [9.17, 15) is 4.79 Å². The van der Waals surface area contributed by atoms with Gasteiger partial charge in [-0.25, -0.2) is 9.97 Å². The molecule has 3 heterocycles. The van der Waals surface area contributed by atoms with Crippen molar-refractivity contribution in [3.8, 4) is 0 Å². The molecule has 7 nitrogen and oxygen atoms in total. The number of nitrogens with zero attached hydrogens (tertiary/aromatic N) is 5. The van der Waals surface area contributed by atoms with Gasteiger partial charge < -0.3 is 19.4 Å². The van der Waals surface area contributed by atoms with Gasteiger partial charge in [0.05, 0.1) is 24.5 Å². The van der Waals surface area contributed by atoms with E-state index in [1.165, 1.54) is 16.8 Å². The Hall–Kier alpha value is -2.67. The molecule has 7 heteroatoms. The van der Waals surface area contributed by atoms with E-state index in [-0.39, 0.29) is 5.91 Å². The number of amides is 1. The summed E-state index contributed by atoms with van der Waals surface area (Å²) < 4.78 is 5.39. The van der Waals surface area contributed by atoms with Gasteiger partial charge >= 0.3 is 0 Å². The molecule has 0 atom stereocenters. The predicted molar refractivity (Wildman–Crippen MR) is 114 cm³/mol. The van der Waals surface area contributed by atoms with E-state index in [1.807, 2.05) is 11.8 Å². The maximum atomic E-state index is 13.1. The summed E-state index contributed by atoms with van der Waals surface area (Å²) in [6, 6.07) is 6.41. The van der Waals surface area contributed by atoms with E-state index in [0.29, 0.717) is 37.8 Å². The van der Waals surface area contributed by atoms with Gasteiger partial charge in [-0.1, -0.05) is 12.1 Å². The van der Waals surface area contributed by atoms with Crippen LogP contribution in [0.3, 0.4) is 0 Å². The fourth-order valence-electron chi connectivity index (χ4n) is 3.98. The topological polar surface area (TPSA) is 61.8 Å². The SMILES string of the molecule is Cc1cccc(N2CCN(C(=O)c3cnc(N4CCOCC4)nc3C)CC2)c1C. The molecule has 0 saturated carbocycles. The van der Waals surface area contributed by atoms with Gasteiger partial charge in [-0.2, -0.15) is 0 Å². The van der Waals surface area contributed by atoms with Crippen LogP contribution in [0.5, 0.6) is 0 Å². The van der Waals surface area contributed by atoms with Crippen molar-refractivity contribution < 1.29 is 9.53 Å². The maximum absolute atomic E-state index is 13.1. The predicted octanol–water partition coefficient (Wildman–Crippen LogP) is 2.20. The second kappa shape index (κ2) is 8.37. The Morgan fingerprint density at radius 2 is 1.69 bits per heavy atom. The van der Waals surface area contributed by atoms with E-state index in [0.717, 1.165) is 31.9 Å². The lowest BCUT2D eigenvalue weighted by molar-refractivity contribution is 0.0745. The van der Waals surface area contributed by atoms with Gasteiger partial charge in [-0.15, -0.1) is 0 Å². The van der Waals surface area contributed by atoms with Crippen molar-refractivity contribution >= 4 is 17.5 Å². The summed E-state index contributed by atoms with van der Waals surface area (Å²) in [5.74, 6) is 0.707. The van der Waals surface area contributed by atoms with Gasteiger partial charge in [0.1, 0.15) is 0 Å². The Bertz CT molecular complexity index is 887. The first-order chi connectivity index (χ1) is 14.0. The van der Waals surface area contributed by atoms with Gasteiger partial charge in [-0.05, 0) is 38.0 Å². The average Bonchev–Trinajstić information content (AvgIpc) is 2.76. The quantitative estimate of drug-likeness (QED) is 0.794. The molecular formula is C22H29N5O2.